The van der Waals surface area contributed by atoms with E-state index in [-0.39, 0.29) is 10.8 Å². The number of ether oxygens (including phenoxy) is 3. The van der Waals surface area contributed by atoms with Gasteiger partial charge in [0.2, 0.25) is 10.0 Å². The van der Waals surface area contributed by atoms with Crippen molar-refractivity contribution >= 4 is 10.0 Å². The molecule has 148 valence electrons. The number of hydrogen-bond acceptors (Lipinski definition) is 5. The molecule has 2 aromatic rings. The zero-order valence-electron chi connectivity index (χ0n) is 16.6. The molecule has 0 radical (unpaired) electrons. The Morgan fingerprint density at radius 2 is 1.33 bits per heavy atom. The minimum Gasteiger partial charge on any atom is -0.495 e. The molecule has 0 spiro atoms. The van der Waals surface area contributed by atoms with Crippen LogP contribution in [0.4, 0.5) is 0 Å². The Morgan fingerprint density at radius 3 is 1.89 bits per heavy atom. The number of sulfonamides is 1. The van der Waals surface area contributed by atoms with E-state index >= 15 is 0 Å². The highest BCUT2D eigenvalue weighted by atomic mass is 32.2. The summed E-state index contributed by atoms with van der Waals surface area (Å²) >= 11 is 0. The average Bonchev–Trinajstić information content (AvgIpc) is 2.66. The van der Waals surface area contributed by atoms with Gasteiger partial charge in [0.25, 0.3) is 0 Å². The third kappa shape index (κ3) is 4.73. The van der Waals surface area contributed by atoms with E-state index in [1.807, 2.05) is 19.9 Å². The van der Waals surface area contributed by atoms with Gasteiger partial charge in [0.15, 0.2) is 11.5 Å². The van der Waals surface area contributed by atoms with E-state index in [2.05, 4.69) is 4.72 Å². The molecule has 0 aromatic heterocycles. The Bertz CT molecular complexity index is 893. The van der Waals surface area contributed by atoms with E-state index in [1.54, 1.807) is 51.5 Å². The molecule has 6 nitrogen and oxygen atoms in total. The van der Waals surface area contributed by atoms with Crippen LogP contribution < -0.4 is 18.9 Å². The fourth-order valence-corrected chi connectivity index (χ4v) is 4.18. The van der Waals surface area contributed by atoms with E-state index in [4.69, 9.17) is 14.2 Å². The highest BCUT2D eigenvalue weighted by Gasteiger charge is 2.24. The average molecular weight is 394 g/mol. The standard InChI is InChI=1S/C20H27NO5S/c1-13(2)15-7-10-18(25-5)20(12-15)27(22,23)21-14(3)16-8-9-17(24-4)19(11-16)26-6/h7-14,21H,1-6H3/t14-/m1/s1. The zero-order chi connectivity index (χ0) is 20.2. The van der Waals surface area contributed by atoms with Crippen molar-refractivity contribution in [3.63, 3.8) is 0 Å². The molecule has 0 aliphatic heterocycles. The minimum atomic E-state index is -3.79. The van der Waals surface area contributed by atoms with Crippen molar-refractivity contribution < 1.29 is 22.6 Å². The van der Waals surface area contributed by atoms with Crippen molar-refractivity contribution in [2.24, 2.45) is 0 Å². The van der Waals surface area contributed by atoms with Gasteiger partial charge in [-0.05, 0) is 48.2 Å². The van der Waals surface area contributed by atoms with Gasteiger partial charge < -0.3 is 14.2 Å². The van der Waals surface area contributed by atoms with Gasteiger partial charge in [0.1, 0.15) is 10.6 Å². The van der Waals surface area contributed by atoms with Crippen LogP contribution in [0.5, 0.6) is 17.2 Å². The summed E-state index contributed by atoms with van der Waals surface area (Å²) in [5, 5.41) is 0. The van der Waals surface area contributed by atoms with Crippen molar-refractivity contribution in [1.82, 2.24) is 4.72 Å². The molecule has 0 bridgehead atoms. The van der Waals surface area contributed by atoms with Gasteiger partial charge in [-0.2, -0.15) is 0 Å². The maximum Gasteiger partial charge on any atom is 0.244 e. The Morgan fingerprint density at radius 1 is 0.778 bits per heavy atom. The molecule has 0 fully saturated rings. The lowest BCUT2D eigenvalue weighted by Crippen LogP contribution is -2.27. The van der Waals surface area contributed by atoms with Crippen LogP contribution in [0.3, 0.4) is 0 Å². The van der Waals surface area contributed by atoms with Crippen molar-refractivity contribution in [2.45, 2.75) is 37.6 Å². The molecular formula is C20H27NO5S. The molecule has 0 saturated carbocycles. The lowest BCUT2D eigenvalue weighted by atomic mass is 10.0. The highest BCUT2D eigenvalue weighted by Crippen LogP contribution is 2.32. The minimum absolute atomic E-state index is 0.128. The first-order valence-electron chi connectivity index (χ1n) is 8.65. The van der Waals surface area contributed by atoms with Gasteiger partial charge in [0, 0.05) is 6.04 Å². The summed E-state index contributed by atoms with van der Waals surface area (Å²) in [6, 6.07) is 10.1. The van der Waals surface area contributed by atoms with Crippen LogP contribution >= 0.6 is 0 Å². The monoisotopic (exact) mass is 393 g/mol. The van der Waals surface area contributed by atoms with Crippen LogP contribution in [-0.4, -0.2) is 29.7 Å². The van der Waals surface area contributed by atoms with Crippen molar-refractivity contribution in [1.29, 1.82) is 0 Å². The predicted molar refractivity (Wildman–Crippen MR) is 105 cm³/mol. The molecule has 1 atom stereocenters. The maximum absolute atomic E-state index is 13.0. The summed E-state index contributed by atoms with van der Waals surface area (Å²) in [5.74, 6) is 1.64. The van der Waals surface area contributed by atoms with Crippen LogP contribution in [0, 0.1) is 0 Å². The zero-order valence-corrected chi connectivity index (χ0v) is 17.4. The first-order valence-corrected chi connectivity index (χ1v) is 10.1. The normalized spacial score (nSPS) is 12.7. The van der Waals surface area contributed by atoms with E-state index in [0.717, 1.165) is 11.1 Å². The van der Waals surface area contributed by atoms with E-state index in [9.17, 15) is 8.42 Å². The molecule has 0 aliphatic rings. The van der Waals surface area contributed by atoms with Gasteiger partial charge in [-0.3, -0.25) is 0 Å². The SMILES string of the molecule is COc1ccc([C@@H](C)NS(=O)(=O)c2cc(C(C)C)ccc2OC)cc1OC. The van der Waals surface area contributed by atoms with E-state index < -0.39 is 16.1 Å². The lowest BCUT2D eigenvalue weighted by molar-refractivity contribution is 0.354. The van der Waals surface area contributed by atoms with Crippen LogP contribution in [0.15, 0.2) is 41.3 Å². The molecule has 0 unspecified atom stereocenters. The number of nitrogens with one attached hydrogen (secondary N) is 1. The van der Waals surface area contributed by atoms with Gasteiger partial charge >= 0.3 is 0 Å². The highest BCUT2D eigenvalue weighted by molar-refractivity contribution is 7.89. The van der Waals surface area contributed by atoms with Gasteiger partial charge in [-0.1, -0.05) is 26.0 Å². The maximum atomic E-state index is 13.0. The second kappa shape index (κ2) is 8.63. The van der Waals surface area contributed by atoms with Gasteiger partial charge in [-0.15, -0.1) is 0 Å². The number of rotatable bonds is 8. The Labute approximate surface area is 161 Å². The molecule has 2 rings (SSSR count). The van der Waals surface area contributed by atoms with Gasteiger partial charge in [0.05, 0.1) is 21.3 Å². The summed E-state index contributed by atoms with van der Waals surface area (Å²) in [6.45, 7) is 5.80. The smallest absolute Gasteiger partial charge is 0.244 e. The number of benzene rings is 2. The molecule has 0 heterocycles. The van der Waals surface area contributed by atoms with Crippen LogP contribution in [0.2, 0.25) is 0 Å². The molecule has 0 amide bonds. The second-order valence-corrected chi connectivity index (χ2v) is 8.20. The van der Waals surface area contributed by atoms with Gasteiger partial charge in [-0.25, -0.2) is 13.1 Å². The quantitative estimate of drug-likeness (QED) is 0.737. The fourth-order valence-electron chi connectivity index (χ4n) is 2.75. The van der Waals surface area contributed by atoms with Crippen LogP contribution in [0.25, 0.3) is 0 Å². The summed E-state index contributed by atoms with van der Waals surface area (Å²) in [7, 11) is 0.764. The topological polar surface area (TPSA) is 73.9 Å². The van der Waals surface area contributed by atoms with Crippen molar-refractivity contribution in [3.05, 3.63) is 47.5 Å². The molecular weight excluding hydrogens is 366 g/mol. The first kappa shape index (κ1) is 21.1. The molecule has 1 N–H and O–H groups in total. The number of hydrogen-bond donors (Lipinski definition) is 1. The Hall–Kier alpha value is -2.25. The van der Waals surface area contributed by atoms with Crippen LogP contribution in [-0.2, 0) is 10.0 Å². The first-order chi connectivity index (χ1) is 12.7. The number of methoxy groups -OCH3 is 3. The molecule has 27 heavy (non-hydrogen) atoms. The summed E-state index contributed by atoms with van der Waals surface area (Å²) in [4.78, 5) is 0.128. The largest absolute Gasteiger partial charge is 0.495 e. The second-order valence-electron chi connectivity index (χ2n) is 6.52. The van der Waals surface area contributed by atoms with E-state index in [0.29, 0.717) is 17.2 Å². The predicted octanol–water partition coefficient (Wildman–Crippen LogP) is 3.88. The molecule has 2 aromatic carbocycles. The molecule has 7 heteroatoms. The summed E-state index contributed by atoms with van der Waals surface area (Å²) < 4.78 is 44.5. The van der Waals surface area contributed by atoms with Crippen LogP contribution in [0.1, 0.15) is 43.9 Å². The third-order valence-corrected chi connectivity index (χ3v) is 5.95. The molecule has 0 aliphatic carbocycles. The fraction of sp³-hybridized carbons (Fsp3) is 0.400. The summed E-state index contributed by atoms with van der Waals surface area (Å²) in [5.41, 5.74) is 1.69. The Kier molecular flexibility index (Phi) is 6.73. The van der Waals surface area contributed by atoms with Crippen molar-refractivity contribution in [2.75, 3.05) is 21.3 Å². The van der Waals surface area contributed by atoms with E-state index in [1.165, 1.54) is 7.11 Å². The lowest BCUT2D eigenvalue weighted by Gasteiger charge is -2.18. The third-order valence-electron chi connectivity index (χ3n) is 4.38. The molecule has 0 saturated heterocycles. The summed E-state index contributed by atoms with van der Waals surface area (Å²) in [6.07, 6.45) is 0. The van der Waals surface area contributed by atoms with Crippen molar-refractivity contribution in [3.8, 4) is 17.2 Å². The Balaban J connectivity index is 2.37.